The summed E-state index contributed by atoms with van der Waals surface area (Å²) in [5.41, 5.74) is 2.20. The van der Waals surface area contributed by atoms with E-state index in [1.807, 2.05) is 24.3 Å². The third-order valence-corrected chi connectivity index (χ3v) is 5.57. The van der Waals surface area contributed by atoms with Crippen molar-refractivity contribution >= 4 is 28.5 Å². The number of rotatable bonds is 7. The number of pyridine rings is 2. The average molecular weight is 458 g/mol. The lowest BCUT2D eigenvalue weighted by Gasteiger charge is -2.16. The van der Waals surface area contributed by atoms with Gasteiger partial charge in [0, 0.05) is 43.4 Å². The van der Waals surface area contributed by atoms with Crippen molar-refractivity contribution in [3.8, 4) is 11.4 Å². The predicted molar refractivity (Wildman–Crippen MR) is 123 cm³/mol. The van der Waals surface area contributed by atoms with Crippen LogP contribution in [0.25, 0.3) is 22.2 Å². The molecule has 1 amide bonds. The largest absolute Gasteiger partial charge is 0.462 e. The second-order valence-electron chi connectivity index (χ2n) is 7.82. The first-order valence-electron chi connectivity index (χ1n) is 10.9. The lowest BCUT2D eigenvalue weighted by Crippen LogP contribution is -2.29. The average Bonchev–Trinajstić information content (AvgIpc) is 3.42. The molecule has 172 valence electrons. The van der Waals surface area contributed by atoms with Crippen LogP contribution in [-0.2, 0) is 11.3 Å². The highest BCUT2D eigenvalue weighted by Gasteiger charge is 2.29. The van der Waals surface area contributed by atoms with Crippen molar-refractivity contribution in [3.05, 3.63) is 65.4 Å². The summed E-state index contributed by atoms with van der Waals surface area (Å²) in [6.07, 6.45) is 3.19. The number of aryl methyl sites for hydroxylation is 1. The van der Waals surface area contributed by atoms with Crippen molar-refractivity contribution in [1.82, 2.24) is 25.0 Å². The molecular formula is C24H22N6O4. The van der Waals surface area contributed by atoms with Crippen molar-refractivity contribution in [2.24, 2.45) is 0 Å². The highest BCUT2D eigenvalue weighted by atomic mass is 16.5. The minimum atomic E-state index is -0.483. The Hall–Kier alpha value is -4.34. The Balaban J connectivity index is 1.29. The Labute approximate surface area is 195 Å². The topological polar surface area (TPSA) is 123 Å². The molecule has 0 bridgehead atoms. The van der Waals surface area contributed by atoms with Crippen LogP contribution in [-0.4, -0.2) is 56.6 Å². The minimum Gasteiger partial charge on any atom is -0.462 e. The van der Waals surface area contributed by atoms with Crippen LogP contribution in [0.15, 0.2) is 47.2 Å². The van der Waals surface area contributed by atoms with Gasteiger partial charge in [0.05, 0.1) is 30.0 Å². The molecule has 0 saturated carbocycles. The molecule has 10 heteroatoms. The molecule has 0 atom stereocenters. The predicted octanol–water partition coefficient (Wildman–Crippen LogP) is 3.23. The number of aromatic nitrogens is 4. The smallest absolute Gasteiger partial charge is 0.339 e. The van der Waals surface area contributed by atoms with Gasteiger partial charge in [0.25, 0.3) is 5.91 Å². The van der Waals surface area contributed by atoms with Gasteiger partial charge in [0.15, 0.2) is 0 Å². The van der Waals surface area contributed by atoms with E-state index in [-0.39, 0.29) is 18.1 Å². The normalized spacial score (nSPS) is 12.8. The maximum absolute atomic E-state index is 12.9. The van der Waals surface area contributed by atoms with E-state index in [0.29, 0.717) is 48.4 Å². The number of amides is 1. The molecule has 5 rings (SSSR count). The molecule has 0 saturated heterocycles. The number of nitrogens with zero attached hydrogens (tertiary/aromatic N) is 5. The third kappa shape index (κ3) is 4.05. The Morgan fingerprint density at radius 1 is 1.24 bits per heavy atom. The first-order valence-corrected chi connectivity index (χ1v) is 10.9. The number of nitrogens with one attached hydrogen (secondary N) is 1. The standard InChI is InChI=1S/C24H22N6O4/c1-3-33-24(32)17-11-19-20(27-12-17)13-30(23(19)31)9-8-26-22-18-10-16(21-28-14(2)34-29-21)5-4-15(18)6-7-25-22/h4-7,10-12H,3,8-9,13H2,1-2H3,(H,25,26). The Morgan fingerprint density at radius 3 is 2.91 bits per heavy atom. The molecule has 34 heavy (non-hydrogen) atoms. The van der Waals surface area contributed by atoms with Gasteiger partial charge in [-0.05, 0) is 30.5 Å². The van der Waals surface area contributed by atoms with Gasteiger partial charge in [0.1, 0.15) is 5.82 Å². The maximum Gasteiger partial charge on any atom is 0.339 e. The summed E-state index contributed by atoms with van der Waals surface area (Å²) >= 11 is 0. The quantitative estimate of drug-likeness (QED) is 0.416. The summed E-state index contributed by atoms with van der Waals surface area (Å²) in [6.45, 7) is 5.07. The number of anilines is 1. The number of hydrogen-bond donors (Lipinski definition) is 1. The molecule has 1 aliphatic heterocycles. The van der Waals surface area contributed by atoms with Crippen LogP contribution in [0.2, 0.25) is 0 Å². The third-order valence-electron chi connectivity index (χ3n) is 5.57. The molecular weight excluding hydrogens is 436 g/mol. The number of hydrogen-bond acceptors (Lipinski definition) is 9. The zero-order valence-electron chi connectivity index (χ0n) is 18.7. The van der Waals surface area contributed by atoms with Gasteiger partial charge in [-0.25, -0.2) is 9.78 Å². The van der Waals surface area contributed by atoms with Crippen LogP contribution >= 0.6 is 0 Å². The van der Waals surface area contributed by atoms with Crippen molar-refractivity contribution in [2.75, 3.05) is 25.0 Å². The van der Waals surface area contributed by atoms with Crippen molar-refractivity contribution in [1.29, 1.82) is 0 Å². The number of ether oxygens (including phenoxy) is 1. The highest BCUT2D eigenvalue weighted by Crippen LogP contribution is 2.27. The van der Waals surface area contributed by atoms with Crippen LogP contribution in [0.3, 0.4) is 0 Å². The van der Waals surface area contributed by atoms with Crippen LogP contribution in [0.4, 0.5) is 5.82 Å². The molecule has 4 aromatic rings. The van der Waals surface area contributed by atoms with Gasteiger partial charge in [-0.1, -0.05) is 17.3 Å². The summed E-state index contributed by atoms with van der Waals surface area (Å²) < 4.78 is 10.1. The molecule has 0 radical (unpaired) electrons. The summed E-state index contributed by atoms with van der Waals surface area (Å²) in [5, 5.41) is 9.25. The molecule has 10 nitrogen and oxygen atoms in total. The van der Waals surface area contributed by atoms with E-state index in [0.717, 1.165) is 16.3 Å². The molecule has 1 aliphatic rings. The van der Waals surface area contributed by atoms with E-state index in [4.69, 9.17) is 9.26 Å². The zero-order chi connectivity index (χ0) is 23.7. The van der Waals surface area contributed by atoms with Gasteiger partial charge < -0.3 is 19.5 Å². The van der Waals surface area contributed by atoms with Gasteiger partial charge in [-0.3, -0.25) is 9.78 Å². The summed E-state index contributed by atoms with van der Waals surface area (Å²) in [5.74, 6) is 1.08. The SMILES string of the molecule is CCOC(=O)c1cnc2c(c1)C(=O)N(CCNc1nccc3ccc(-c4noc(C)n4)cc13)C2. The van der Waals surface area contributed by atoms with Crippen LogP contribution < -0.4 is 5.32 Å². The second-order valence-corrected chi connectivity index (χ2v) is 7.82. The first-order chi connectivity index (χ1) is 16.5. The van der Waals surface area contributed by atoms with E-state index < -0.39 is 5.97 Å². The highest BCUT2D eigenvalue weighted by molar-refractivity contribution is 6.00. The van der Waals surface area contributed by atoms with Crippen molar-refractivity contribution in [2.45, 2.75) is 20.4 Å². The lowest BCUT2D eigenvalue weighted by molar-refractivity contribution is 0.0526. The molecule has 3 aromatic heterocycles. The molecule has 0 spiro atoms. The van der Waals surface area contributed by atoms with Crippen LogP contribution in [0, 0.1) is 6.92 Å². The Bertz CT molecular complexity index is 1400. The van der Waals surface area contributed by atoms with Gasteiger partial charge in [-0.15, -0.1) is 0 Å². The van der Waals surface area contributed by atoms with E-state index in [9.17, 15) is 9.59 Å². The first kappa shape index (κ1) is 21.5. The number of esters is 1. The minimum absolute atomic E-state index is 0.156. The molecule has 0 fully saturated rings. The van der Waals surface area contributed by atoms with Crippen LogP contribution in [0.5, 0.6) is 0 Å². The lowest BCUT2D eigenvalue weighted by atomic mass is 10.1. The number of carbonyl (C=O) groups excluding carboxylic acids is 2. The summed E-state index contributed by atoms with van der Waals surface area (Å²) in [4.78, 5) is 39.6. The van der Waals surface area contributed by atoms with Crippen LogP contribution in [0.1, 0.15) is 39.2 Å². The Kier molecular flexibility index (Phi) is 5.62. The molecule has 0 unspecified atom stereocenters. The maximum atomic E-state index is 12.9. The summed E-state index contributed by atoms with van der Waals surface area (Å²) in [6, 6.07) is 9.38. The molecule has 0 aliphatic carbocycles. The number of carbonyl (C=O) groups is 2. The Morgan fingerprint density at radius 2 is 2.12 bits per heavy atom. The van der Waals surface area contributed by atoms with Crippen molar-refractivity contribution < 1.29 is 18.8 Å². The van der Waals surface area contributed by atoms with E-state index in [2.05, 4.69) is 25.4 Å². The number of benzene rings is 1. The molecule has 1 N–H and O–H groups in total. The molecule has 1 aromatic carbocycles. The van der Waals surface area contributed by atoms with E-state index in [1.165, 1.54) is 6.20 Å². The fourth-order valence-corrected chi connectivity index (χ4v) is 3.91. The fraction of sp³-hybridized carbons (Fsp3) is 0.250. The fourth-order valence-electron chi connectivity index (χ4n) is 3.91. The van der Waals surface area contributed by atoms with E-state index in [1.54, 1.807) is 31.0 Å². The summed E-state index contributed by atoms with van der Waals surface area (Å²) in [7, 11) is 0. The van der Waals surface area contributed by atoms with Gasteiger partial charge >= 0.3 is 5.97 Å². The van der Waals surface area contributed by atoms with Gasteiger partial charge in [0.2, 0.25) is 11.7 Å². The molecule has 4 heterocycles. The monoisotopic (exact) mass is 458 g/mol. The van der Waals surface area contributed by atoms with Crippen molar-refractivity contribution in [3.63, 3.8) is 0 Å². The van der Waals surface area contributed by atoms with E-state index >= 15 is 0 Å². The number of fused-ring (bicyclic) bond motifs is 2. The zero-order valence-corrected chi connectivity index (χ0v) is 18.7. The van der Waals surface area contributed by atoms with Gasteiger partial charge in [-0.2, -0.15) is 4.98 Å². The second kappa shape index (κ2) is 8.89.